The lowest BCUT2D eigenvalue weighted by atomic mass is 9.94. The van der Waals surface area contributed by atoms with Crippen LogP contribution in [0.5, 0.6) is 0 Å². The van der Waals surface area contributed by atoms with Crippen LogP contribution in [0.4, 0.5) is 4.79 Å². The molecule has 3 rings (SSSR count). The van der Waals surface area contributed by atoms with E-state index in [0.29, 0.717) is 66.0 Å². The van der Waals surface area contributed by atoms with Crippen molar-refractivity contribution in [3.63, 3.8) is 0 Å². The molecular formula is C22H28Cl2N4O4. The molecule has 10 heteroatoms. The number of amides is 3. The molecule has 32 heavy (non-hydrogen) atoms. The van der Waals surface area contributed by atoms with Gasteiger partial charge in [0.25, 0.3) is 0 Å². The maximum Gasteiger partial charge on any atom is 0.338 e. The zero-order chi connectivity index (χ0) is 23.4. The van der Waals surface area contributed by atoms with E-state index in [1.807, 2.05) is 11.8 Å². The largest absolute Gasteiger partial charge is 0.463 e. The minimum Gasteiger partial charge on any atom is -0.463 e. The SMILES string of the molecule is CCOC(=O)C1=C(CN2CCN(C(=O)CC)CC2)N(C)C(=O)N[C@H]1c1ccc(Cl)cc1Cl. The van der Waals surface area contributed by atoms with Gasteiger partial charge in [-0.1, -0.05) is 36.2 Å². The first-order valence-electron chi connectivity index (χ1n) is 10.7. The standard InChI is InChI=1S/C22H28Cl2N4O4/c1-4-18(29)28-10-8-27(9-11-28)13-17-19(21(30)32-5-2)20(25-22(31)26(17)3)15-7-6-14(23)12-16(15)24/h6-7,12,20H,4-5,8-11,13H2,1-3H3,(H,25,31)/t20-/m0/s1. The van der Waals surface area contributed by atoms with Gasteiger partial charge in [-0.2, -0.15) is 0 Å². The van der Waals surface area contributed by atoms with Gasteiger partial charge in [0, 0.05) is 61.9 Å². The molecule has 0 aliphatic carbocycles. The number of likely N-dealkylation sites (N-methyl/N-ethyl adjacent to an activating group) is 1. The van der Waals surface area contributed by atoms with Crippen LogP contribution < -0.4 is 5.32 Å². The summed E-state index contributed by atoms with van der Waals surface area (Å²) < 4.78 is 5.35. The molecule has 1 aromatic rings. The lowest BCUT2D eigenvalue weighted by molar-refractivity contribution is -0.139. The number of ether oxygens (including phenoxy) is 1. The molecule has 2 aliphatic heterocycles. The summed E-state index contributed by atoms with van der Waals surface area (Å²) >= 11 is 12.5. The highest BCUT2D eigenvalue weighted by molar-refractivity contribution is 6.35. The predicted molar refractivity (Wildman–Crippen MR) is 122 cm³/mol. The van der Waals surface area contributed by atoms with E-state index in [9.17, 15) is 14.4 Å². The van der Waals surface area contributed by atoms with Crippen LogP contribution in [0.2, 0.25) is 10.0 Å². The number of hydrogen-bond donors (Lipinski definition) is 1. The molecule has 1 aromatic carbocycles. The van der Waals surface area contributed by atoms with Gasteiger partial charge < -0.3 is 15.0 Å². The Labute approximate surface area is 198 Å². The molecule has 1 N–H and O–H groups in total. The summed E-state index contributed by atoms with van der Waals surface area (Å²) in [6.07, 6.45) is 0.477. The van der Waals surface area contributed by atoms with Gasteiger partial charge in [-0.15, -0.1) is 0 Å². The van der Waals surface area contributed by atoms with Gasteiger partial charge in [0.05, 0.1) is 18.2 Å². The Morgan fingerprint density at radius 3 is 2.44 bits per heavy atom. The number of piperazine rings is 1. The molecule has 1 atom stereocenters. The second kappa shape index (κ2) is 10.6. The van der Waals surface area contributed by atoms with Crippen molar-refractivity contribution < 1.29 is 19.1 Å². The number of halogens is 2. The van der Waals surface area contributed by atoms with Crippen molar-refractivity contribution >= 4 is 41.1 Å². The van der Waals surface area contributed by atoms with E-state index in [-0.39, 0.29) is 18.5 Å². The fraction of sp³-hybridized carbons (Fsp3) is 0.500. The highest BCUT2D eigenvalue weighted by atomic mass is 35.5. The van der Waals surface area contributed by atoms with E-state index in [2.05, 4.69) is 10.2 Å². The number of esters is 1. The number of hydrogen-bond acceptors (Lipinski definition) is 5. The van der Waals surface area contributed by atoms with Crippen LogP contribution in [0.25, 0.3) is 0 Å². The van der Waals surface area contributed by atoms with Gasteiger partial charge in [0.1, 0.15) is 0 Å². The Balaban J connectivity index is 1.96. The number of carbonyl (C=O) groups excluding carboxylic acids is 3. The van der Waals surface area contributed by atoms with Gasteiger partial charge in [-0.3, -0.25) is 14.6 Å². The van der Waals surface area contributed by atoms with Crippen LogP contribution in [0.1, 0.15) is 31.9 Å². The lowest BCUT2D eigenvalue weighted by Crippen LogP contribution is -2.53. The smallest absolute Gasteiger partial charge is 0.338 e. The number of benzene rings is 1. The Bertz CT molecular complexity index is 929. The van der Waals surface area contributed by atoms with E-state index in [1.165, 1.54) is 4.90 Å². The maximum atomic E-state index is 13.0. The second-order valence-corrected chi connectivity index (χ2v) is 8.54. The van der Waals surface area contributed by atoms with Crippen molar-refractivity contribution in [3.05, 3.63) is 45.1 Å². The maximum absolute atomic E-state index is 13.0. The van der Waals surface area contributed by atoms with Crippen LogP contribution in [0.15, 0.2) is 29.5 Å². The summed E-state index contributed by atoms with van der Waals surface area (Å²) in [4.78, 5) is 43.2. The first kappa shape index (κ1) is 24.4. The average Bonchev–Trinajstić information content (AvgIpc) is 2.77. The van der Waals surface area contributed by atoms with Crippen molar-refractivity contribution in [2.75, 3.05) is 46.4 Å². The van der Waals surface area contributed by atoms with Crippen LogP contribution in [0, 0.1) is 0 Å². The van der Waals surface area contributed by atoms with Crippen molar-refractivity contribution in [1.82, 2.24) is 20.0 Å². The molecule has 0 unspecified atom stereocenters. The van der Waals surface area contributed by atoms with Crippen molar-refractivity contribution in [3.8, 4) is 0 Å². The normalized spacial score (nSPS) is 19.8. The summed E-state index contributed by atoms with van der Waals surface area (Å²) in [7, 11) is 1.63. The molecule has 1 fully saturated rings. The Hall–Kier alpha value is -2.29. The Morgan fingerprint density at radius 1 is 1.16 bits per heavy atom. The number of urea groups is 1. The molecule has 1 saturated heterocycles. The minimum atomic E-state index is -0.763. The topological polar surface area (TPSA) is 82.2 Å². The summed E-state index contributed by atoms with van der Waals surface area (Å²) in [6, 6.07) is 3.84. The van der Waals surface area contributed by atoms with Gasteiger partial charge >= 0.3 is 12.0 Å². The first-order valence-corrected chi connectivity index (χ1v) is 11.4. The average molecular weight is 483 g/mol. The van der Waals surface area contributed by atoms with E-state index < -0.39 is 12.0 Å². The second-order valence-electron chi connectivity index (χ2n) is 7.70. The number of carbonyl (C=O) groups is 3. The molecule has 0 bridgehead atoms. The predicted octanol–water partition coefficient (Wildman–Crippen LogP) is 3.06. The highest BCUT2D eigenvalue weighted by Crippen LogP contribution is 2.36. The molecular weight excluding hydrogens is 455 g/mol. The molecule has 0 spiro atoms. The molecule has 174 valence electrons. The molecule has 0 aromatic heterocycles. The zero-order valence-electron chi connectivity index (χ0n) is 18.5. The number of nitrogens with zero attached hydrogens (tertiary/aromatic N) is 3. The Kier molecular flexibility index (Phi) is 8.03. The van der Waals surface area contributed by atoms with Gasteiger partial charge in [-0.25, -0.2) is 9.59 Å². The molecule has 0 radical (unpaired) electrons. The van der Waals surface area contributed by atoms with E-state index in [1.54, 1.807) is 32.2 Å². The summed E-state index contributed by atoms with van der Waals surface area (Å²) in [5.41, 5.74) is 1.46. The van der Waals surface area contributed by atoms with Crippen LogP contribution >= 0.6 is 23.2 Å². The third-order valence-electron chi connectivity index (χ3n) is 5.75. The van der Waals surface area contributed by atoms with Crippen LogP contribution in [-0.4, -0.2) is 79.0 Å². The van der Waals surface area contributed by atoms with E-state index in [0.717, 1.165) is 0 Å². The van der Waals surface area contributed by atoms with Gasteiger partial charge in [-0.05, 0) is 24.6 Å². The molecule has 2 heterocycles. The van der Waals surface area contributed by atoms with Gasteiger partial charge in [0.2, 0.25) is 5.91 Å². The Morgan fingerprint density at radius 2 is 1.84 bits per heavy atom. The quantitative estimate of drug-likeness (QED) is 0.630. The van der Waals surface area contributed by atoms with Crippen molar-refractivity contribution in [1.29, 1.82) is 0 Å². The van der Waals surface area contributed by atoms with E-state index in [4.69, 9.17) is 27.9 Å². The minimum absolute atomic E-state index is 0.127. The van der Waals surface area contributed by atoms with Gasteiger partial charge in [0.15, 0.2) is 0 Å². The lowest BCUT2D eigenvalue weighted by Gasteiger charge is -2.39. The van der Waals surface area contributed by atoms with Crippen LogP contribution in [-0.2, 0) is 14.3 Å². The van der Waals surface area contributed by atoms with Crippen LogP contribution in [0.3, 0.4) is 0 Å². The number of rotatable bonds is 6. The highest BCUT2D eigenvalue weighted by Gasteiger charge is 2.38. The third kappa shape index (κ3) is 5.19. The van der Waals surface area contributed by atoms with E-state index >= 15 is 0 Å². The first-order chi connectivity index (χ1) is 15.3. The fourth-order valence-electron chi connectivity index (χ4n) is 3.96. The third-order valence-corrected chi connectivity index (χ3v) is 6.31. The fourth-order valence-corrected chi connectivity index (χ4v) is 4.48. The monoisotopic (exact) mass is 482 g/mol. The molecule has 0 saturated carbocycles. The summed E-state index contributed by atoms with van der Waals surface area (Å²) in [5, 5.41) is 3.66. The summed E-state index contributed by atoms with van der Waals surface area (Å²) in [5.74, 6) is -0.382. The van der Waals surface area contributed by atoms with Crippen molar-refractivity contribution in [2.45, 2.75) is 26.3 Å². The van der Waals surface area contributed by atoms with Crippen molar-refractivity contribution in [2.24, 2.45) is 0 Å². The molecule has 8 nitrogen and oxygen atoms in total. The molecule has 2 aliphatic rings. The summed E-state index contributed by atoms with van der Waals surface area (Å²) in [6.45, 7) is 6.66. The number of nitrogens with one attached hydrogen (secondary N) is 1. The molecule has 3 amide bonds. The zero-order valence-corrected chi connectivity index (χ0v) is 20.0.